The van der Waals surface area contributed by atoms with Gasteiger partial charge in [-0.3, -0.25) is 4.79 Å². The van der Waals surface area contributed by atoms with Crippen LogP contribution in [0, 0.1) is 11.3 Å². The zero-order valence-corrected chi connectivity index (χ0v) is 21.2. The average molecular weight is 485 g/mol. The van der Waals surface area contributed by atoms with E-state index in [4.69, 9.17) is 14.2 Å². The zero-order chi connectivity index (χ0) is 26.0. The van der Waals surface area contributed by atoms with Gasteiger partial charge in [-0.05, 0) is 52.4 Å². The molecule has 186 valence electrons. The lowest BCUT2D eigenvalue weighted by Crippen LogP contribution is -2.23. The van der Waals surface area contributed by atoms with Crippen LogP contribution in [0.25, 0.3) is 6.08 Å². The Bertz CT molecular complexity index is 1220. The quantitative estimate of drug-likeness (QED) is 0.228. The number of hydrogen-bond donors (Lipinski definition) is 1. The van der Waals surface area contributed by atoms with Crippen molar-refractivity contribution in [3.05, 3.63) is 95.1 Å². The number of nitrogens with zero attached hydrogens (tertiary/aromatic N) is 1. The molecular formula is C30H32N2O4. The first-order valence-corrected chi connectivity index (χ1v) is 11.8. The molecule has 0 aromatic heterocycles. The lowest BCUT2D eigenvalue weighted by molar-refractivity contribution is -0.117. The van der Waals surface area contributed by atoms with Gasteiger partial charge in [0.1, 0.15) is 30.6 Å². The largest absolute Gasteiger partial charge is 0.493 e. The third kappa shape index (κ3) is 7.64. The van der Waals surface area contributed by atoms with E-state index >= 15 is 0 Å². The molecule has 0 spiro atoms. The van der Waals surface area contributed by atoms with Gasteiger partial charge in [-0.15, -0.1) is 0 Å². The molecular weight excluding hydrogens is 452 g/mol. The summed E-state index contributed by atoms with van der Waals surface area (Å²) < 4.78 is 17.1. The van der Waals surface area contributed by atoms with E-state index in [9.17, 15) is 10.1 Å². The molecule has 0 heterocycles. The van der Waals surface area contributed by atoms with Crippen LogP contribution in [0.2, 0.25) is 0 Å². The molecule has 0 saturated carbocycles. The predicted octanol–water partition coefficient (Wildman–Crippen LogP) is 5.67. The van der Waals surface area contributed by atoms with Crippen LogP contribution in [0.4, 0.5) is 0 Å². The molecule has 3 rings (SSSR count). The third-order valence-corrected chi connectivity index (χ3v) is 5.49. The van der Waals surface area contributed by atoms with Crippen LogP contribution in [0.3, 0.4) is 0 Å². The molecule has 36 heavy (non-hydrogen) atoms. The second-order valence-electron chi connectivity index (χ2n) is 9.22. The second kappa shape index (κ2) is 12.5. The van der Waals surface area contributed by atoms with Gasteiger partial charge in [0.25, 0.3) is 5.91 Å². The molecule has 3 aromatic carbocycles. The van der Waals surface area contributed by atoms with E-state index in [0.717, 1.165) is 11.3 Å². The monoisotopic (exact) mass is 484 g/mol. The number of carbonyl (C=O) groups excluding carboxylic acids is 1. The molecule has 1 N–H and O–H groups in total. The number of rotatable bonds is 10. The minimum absolute atomic E-state index is 0.00697. The summed E-state index contributed by atoms with van der Waals surface area (Å²) >= 11 is 0. The van der Waals surface area contributed by atoms with Crippen LogP contribution in [-0.4, -0.2) is 26.2 Å². The normalized spacial score (nSPS) is 11.4. The van der Waals surface area contributed by atoms with Crippen LogP contribution < -0.4 is 19.5 Å². The summed E-state index contributed by atoms with van der Waals surface area (Å²) in [4.78, 5) is 12.5. The lowest BCUT2D eigenvalue weighted by atomic mass is 9.87. The molecule has 0 fully saturated rings. The van der Waals surface area contributed by atoms with Crippen LogP contribution in [0.5, 0.6) is 17.2 Å². The van der Waals surface area contributed by atoms with Gasteiger partial charge in [-0.2, -0.15) is 5.26 Å². The van der Waals surface area contributed by atoms with Crippen LogP contribution in [-0.2, 0) is 16.8 Å². The first-order chi connectivity index (χ1) is 17.3. The van der Waals surface area contributed by atoms with Crippen molar-refractivity contribution < 1.29 is 19.0 Å². The van der Waals surface area contributed by atoms with E-state index in [0.29, 0.717) is 36.8 Å². The number of hydrogen-bond acceptors (Lipinski definition) is 5. The van der Waals surface area contributed by atoms with Crippen LogP contribution >= 0.6 is 0 Å². The van der Waals surface area contributed by atoms with Gasteiger partial charge < -0.3 is 19.5 Å². The van der Waals surface area contributed by atoms with Crippen molar-refractivity contribution in [2.45, 2.75) is 32.7 Å². The maximum absolute atomic E-state index is 12.5. The van der Waals surface area contributed by atoms with E-state index in [1.54, 1.807) is 25.3 Å². The highest BCUT2D eigenvalue weighted by atomic mass is 16.5. The number of amides is 1. The van der Waals surface area contributed by atoms with E-state index in [2.05, 4.69) is 38.2 Å². The number of methoxy groups -OCH3 is 1. The number of carbonyl (C=O) groups is 1. The van der Waals surface area contributed by atoms with Gasteiger partial charge in [0.2, 0.25) is 0 Å². The first-order valence-electron chi connectivity index (χ1n) is 11.8. The van der Waals surface area contributed by atoms with Gasteiger partial charge in [-0.1, -0.05) is 69.3 Å². The van der Waals surface area contributed by atoms with Gasteiger partial charge in [0.15, 0.2) is 11.5 Å². The predicted molar refractivity (Wildman–Crippen MR) is 141 cm³/mol. The number of nitriles is 1. The van der Waals surface area contributed by atoms with Crippen molar-refractivity contribution in [3.63, 3.8) is 0 Å². The summed E-state index contributed by atoms with van der Waals surface area (Å²) in [5.41, 5.74) is 2.96. The van der Waals surface area contributed by atoms with Crippen LogP contribution in [0.15, 0.2) is 78.4 Å². The lowest BCUT2D eigenvalue weighted by Gasteiger charge is -2.19. The van der Waals surface area contributed by atoms with Crippen molar-refractivity contribution in [3.8, 4) is 23.3 Å². The van der Waals surface area contributed by atoms with Gasteiger partial charge in [0.05, 0.1) is 7.11 Å². The molecule has 0 atom stereocenters. The van der Waals surface area contributed by atoms with Gasteiger partial charge in [-0.25, -0.2) is 0 Å². The van der Waals surface area contributed by atoms with Crippen molar-refractivity contribution in [1.82, 2.24) is 5.32 Å². The SMILES string of the molecule is COc1cc(/C=C(\C#N)C(=O)NCc2ccccc2)ccc1OCCOc1ccc(C(C)(C)C)cc1. The molecule has 3 aromatic rings. The molecule has 0 aliphatic carbocycles. The smallest absolute Gasteiger partial charge is 0.262 e. The molecule has 6 nitrogen and oxygen atoms in total. The fourth-order valence-electron chi connectivity index (χ4n) is 3.44. The Morgan fingerprint density at radius 2 is 1.64 bits per heavy atom. The van der Waals surface area contributed by atoms with E-state index < -0.39 is 5.91 Å². The summed E-state index contributed by atoms with van der Waals surface area (Å²) in [7, 11) is 1.54. The molecule has 0 saturated heterocycles. The minimum atomic E-state index is -0.437. The Kier molecular flexibility index (Phi) is 9.13. The second-order valence-corrected chi connectivity index (χ2v) is 9.22. The molecule has 0 aliphatic rings. The van der Waals surface area contributed by atoms with Crippen LogP contribution in [0.1, 0.15) is 37.5 Å². The summed E-state index contributed by atoms with van der Waals surface area (Å²) in [5, 5.41) is 12.2. The van der Waals surface area contributed by atoms with Gasteiger partial charge >= 0.3 is 0 Å². The highest BCUT2D eigenvalue weighted by Crippen LogP contribution is 2.29. The van der Waals surface area contributed by atoms with Crippen molar-refractivity contribution in [2.24, 2.45) is 0 Å². The molecule has 0 bridgehead atoms. The van der Waals surface area contributed by atoms with Crippen molar-refractivity contribution in [2.75, 3.05) is 20.3 Å². The number of ether oxygens (including phenoxy) is 3. The number of nitrogens with one attached hydrogen (secondary N) is 1. The Hall–Kier alpha value is -4.24. The van der Waals surface area contributed by atoms with E-state index in [1.165, 1.54) is 11.6 Å². The molecule has 0 radical (unpaired) electrons. The molecule has 0 unspecified atom stereocenters. The minimum Gasteiger partial charge on any atom is -0.493 e. The summed E-state index contributed by atoms with van der Waals surface area (Å²) in [6, 6.07) is 24.8. The summed E-state index contributed by atoms with van der Waals surface area (Å²) in [6.07, 6.45) is 1.52. The molecule has 1 amide bonds. The van der Waals surface area contributed by atoms with E-state index in [-0.39, 0.29) is 11.0 Å². The Morgan fingerprint density at radius 3 is 2.28 bits per heavy atom. The van der Waals surface area contributed by atoms with Gasteiger partial charge in [0, 0.05) is 6.54 Å². The summed E-state index contributed by atoms with van der Waals surface area (Å²) in [6.45, 7) is 7.57. The fraction of sp³-hybridized carbons (Fsp3) is 0.267. The average Bonchev–Trinajstić information content (AvgIpc) is 2.89. The third-order valence-electron chi connectivity index (χ3n) is 5.49. The fourth-order valence-corrected chi connectivity index (χ4v) is 3.44. The highest BCUT2D eigenvalue weighted by Gasteiger charge is 2.13. The maximum Gasteiger partial charge on any atom is 0.262 e. The summed E-state index contributed by atoms with van der Waals surface area (Å²) in [5.74, 6) is 1.40. The molecule has 0 aliphatic heterocycles. The first kappa shape index (κ1) is 26.4. The van der Waals surface area contributed by atoms with Crippen molar-refractivity contribution in [1.29, 1.82) is 5.26 Å². The topological polar surface area (TPSA) is 80.6 Å². The Balaban J connectivity index is 1.56. The van der Waals surface area contributed by atoms with Crippen molar-refractivity contribution >= 4 is 12.0 Å². The van der Waals surface area contributed by atoms with E-state index in [1.807, 2.05) is 48.5 Å². The highest BCUT2D eigenvalue weighted by molar-refractivity contribution is 6.01. The number of benzene rings is 3. The molecule has 6 heteroatoms. The Morgan fingerprint density at radius 1 is 0.944 bits per heavy atom. The maximum atomic E-state index is 12.5. The standard InChI is InChI=1S/C30H32N2O4/c1-30(2,3)25-11-13-26(14-12-25)35-16-17-36-27-15-10-23(19-28(27)34-4)18-24(20-31)29(33)32-21-22-8-6-5-7-9-22/h5-15,18-19H,16-17,21H2,1-4H3,(H,32,33)/b24-18+. The Labute approximate surface area is 213 Å². The zero-order valence-electron chi connectivity index (χ0n) is 21.2.